The number of thioether (sulfide) groups is 1. The van der Waals surface area contributed by atoms with Crippen LogP contribution >= 0.6 is 34.7 Å². The lowest BCUT2D eigenvalue weighted by atomic mass is 10.2. The normalized spacial score (nSPS) is 11.0. The quantitative estimate of drug-likeness (QED) is 0.351. The zero-order valence-electron chi connectivity index (χ0n) is 16.4. The second kappa shape index (κ2) is 9.07. The van der Waals surface area contributed by atoms with Crippen molar-refractivity contribution >= 4 is 40.6 Å². The number of amides is 1. The smallest absolute Gasteiger partial charge is 0.233 e. The Morgan fingerprint density at radius 2 is 2.00 bits per heavy atom. The van der Waals surface area contributed by atoms with Gasteiger partial charge in [-0.05, 0) is 37.3 Å². The van der Waals surface area contributed by atoms with Crippen molar-refractivity contribution in [3.05, 3.63) is 69.8 Å². The molecule has 0 spiro atoms. The first kappa shape index (κ1) is 20.7. The summed E-state index contributed by atoms with van der Waals surface area (Å²) in [6, 6.07) is 15.5. The Bertz CT molecular complexity index is 1150. The van der Waals surface area contributed by atoms with E-state index in [0.717, 1.165) is 26.2 Å². The van der Waals surface area contributed by atoms with E-state index in [4.69, 9.17) is 16.0 Å². The summed E-state index contributed by atoms with van der Waals surface area (Å²) in [6.45, 7) is 2.42. The minimum Gasteiger partial charge on any atom is -0.469 e. The lowest BCUT2D eigenvalue weighted by molar-refractivity contribution is -0.127. The Hall–Kier alpha value is -2.55. The molecule has 3 aromatic heterocycles. The molecule has 0 saturated heterocycles. The van der Waals surface area contributed by atoms with Gasteiger partial charge in [-0.3, -0.25) is 9.36 Å². The number of para-hydroxylation sites is 1. The average Bonchev–Trinajstić information content (AvgIpc) is 3.46. The lowest BCUT2D eigenvalue weighted by Crippen LogP contribution is -2.27. The zero-order valence-corrected chi connectivity index (χ0v) is 18.8. The molecular weight excluding hydrogens is 440 g/mol. The molecule has 0 aliphatic carbocycles. The van der Waals surface area contributed by atoms with Gasteiger partial charge in [-0.2, -0.15) is 0 Å². The van der Waals surface area contributed by atoms with Crippen LogP contribution in [0.15, 0.2) is 64.4 Å². The van der Waals surface area contributed by atoms with E-state index in [2.05, 4.69) is 10.2 Å². The van der Waals surface area contributed by atoms with Crippen molar-refractivity contribution in [3.63, 3.8) is 0 Å². The van der Waals surface area contributed by atoms with Crippen molar-refractivity contribution in [3.8, 4) is 17.1 Å². The molecule has 6 nitrogen and oxygen atoms in total. The molecule has 30 heavy (non-hydrogen) atoms. The highest BCUT2D eigenvalue weighted by molar-refractivity contribution is 7.99. The summed E-state index contributed by atoms with van der Waals surface area (Å²) in [7, 11) is 1.79. The number of hydrogen-bond acceptors (Lipinski definition) is 6. The lowest BCUT2D eigenvalue weighted by Gasteiger charge is -2.16. The summed E-state index contributed by atoms with van der Waals surface area (Å²) in [5.41, 5.74) is 1.80. The predicted octanol–water partition coefficient (Wildman–Crippen LogP) is 5.30. The number of hydrogen-bond donors (Lipinski definition) is 0. The van der Waals surface area contributed by atoms with E-state index in [1.54, 1.807) is 18.2 Å². The van der Waals surface area contributed by atoms with Crippen LogP contribution in [-0.4, -0.2) is 38.4 Å². The number of nitrogens with zero attached hydrogens (tertiary/aromatic N) is 4. The molecule has 1 amide bonds. The topological polar surface area (TPSA) is 64.2 Å². The summed E-state index contributed by atoms with van der Waals surface area (Å²) in [4.78, 5) is 15.4. The van der Waals surface area contributed by atoms with Crippen molar-refractivity contribution in [1.82, 2.24) is 19.7 Å². The number of halogens is 1. The van der Waals surface area contributed by atoms with E-state index < -0.39 is 0 Å². The van der Waals surface area contributed by atoms with E-state index in [9.17, 15) is 4.79 Å². The third-order valence-electron chi connectivity index (χ3n) is 4.52. The van der Waals surface area contributed by atoms with Crippen LogP contribution in [0.4, 0.5) is 0 Å². The van der Waals surface area contributed by atoms with Gasteiger partial charge in [-0.1, -0.05) is 41.6 Å². The first-order chi connectivity index (χ1) is 14.5. The molecule has 9 heteroatoms. The minimum absolute atomic E-state index is 0.00757. The van der Waals surface area contributed by atoms with Crippen LogP contribution < -0.4 is 0 Å². The number of aromatic nitrogens is 3. The molecule has 0 bridgehead atoms. The van der Waals surface area contributed by atoms with E-state index in [1.807, 2.05) is 60.0 Å². The Kier molecular flexibility index (Phi) is 6.26. The summed E-state index contributed by atoms with van der Waals surface area (Å²) in [5, 5.41) is 9.39. The van der Waals surface area contributed by atoms with Crippen LogP contribution in [0.3, 0.4) is 0 Å². The second-order valence-electron chi connectivity index (χ2n) is 6.61. The first-order valence-electron chi connectivity index (χ1n) is 9.19. The number of thiophene rings is 1. The summed E-state index contributed by atoms with van der Waals surface area (Å²) in [6.07, 6.45) is 1.64. The SMILES string of the molecule is Cc1occc1-c1nnc(SCC(=O)N(C)Cc2ccc(Cl)s2)n1-c1ccccc1. The van der Waals surface area contributed by atoms with Crippen LogP contribution in [0.25, 0.3) is 17.1 Å². The molecule has 4 rings (SSSR count). The van der Waals surface area contributed by atoms with Gasteiger partial charge in [-0.15, -0.1) is 21.5 Å². The molecule has 0 aliphatic rings. The molecule has 0 fully saturated rings. The van der Waals surface area contributed by atoms with Gasteiger partial charge in [0.15, 0.2) is 11.0 Å². The fourth-order valence-electron chi connectivity index (χ4n) is 2.96. The standard InChI is InChI=1S/C21H19ClN4O2S2/c1-14-17(10-11-28-14)20-23-24-21(26(20)15-6-4-3-5-7-15)29-13-19(27)25(2)12-16-8-9-18(22)30-16/h3-11H,12-13H2,1-2H3. The van der Waals surface area contributed by atoms with Crippen molar-refractivity contribution in [2.24, 2.45) is 0 Å². The molecule has 1 aromatic carbocycles. The van der Waals surface area contributed by atoms with Crippen LogP contribution in [0, 0.1) is 6.92 Å². The number of carbonyl (C=O) groups excluding carboxylic acids is 1. The van der Waals surface area contributed by atoms with E-state index in [0.29, 0.717) is 17.5 Å². The van der Waals surface area contributed by atoms with Gasteiger partial charge in [0.25, 0.3) is 0 Å². The Labute approximate surface area is 187 Å². The second-order valence-corrected chi connectivity index (χ2v) is 9.35. The summed E-state index contributed by atoms with van der Waals surface area (Å²) in [5.74, 6) is 1.71. The Morgan fingerprint density at radius 1 is 1.20 bits per heavy atom. The first-order valence-corrected chi connectivity index (χ1v) is 11.4. The summed E-state index contributed by atoms with van der Waals surface area (Å²) >= 11 is 8.83. The van der Waals surface area contributed by atoms with Gasteiger partial charge in [0.1, 0.15) is 5.76 Å². The maximum atomic E-state index is 12.7. The molecule has 0 N–H and O–H groups in total. The average molecular weight is 459 g/mol. The number of aryl methyl sites for hydroxylation is 1. The van der Waals surface area contributed by atoms with Crippen molar-refractivity contribution in [2.45, 2.75) is 18.6 Å². The highest BCUT2D eigenvalue weighted by Crippen LogP contribution is 2.30. The number of benzene rings is 1. The molecule has 0 aliphatic heterocycles. The van der Waals surface area contributed by atoms with Crippen LogP contribution in [0.5, 0.6) is 0 Å². The highest BCUT2D eigenvalue weighted by atomic mass is 35.5. The number of furan rings is 1. The minimum atomic E-state index is 0.00757. The van der Waals surface area contributed by atoms with Crippen molar-refractivity contribution < 1.29 is 9.21 Å². The van der Waals surface area contributed by atoms with Crippen molar-refractivity contribution in [1.29, 1.82) is 0 Å². The van der Waals surface area contributed by atoms with Gasteiger partial charge in [-0.25, -0.2) is 0 Å². The molecule has 3 heterocycles. The van der Waals surface area contributed by atoms with Gasteiger partial charge < -0.3 is 9.32 Å². The van der Waals surface area contributed by atoms with Crippen LogP contribution in [-0.2, 0) is 11.3 Å². The Morgan fingerprint density at radius 3 is 2.67 bits per heavy atom. The highest BCUT2D eigenvalue weighted by Gasteiger charge is 2.20. The van der Waals surface area contributed by atoms with Gasteiger partial charge in [0, 0.05) is 17.6 Å². The predicted molar refractivity (Wildman–Crippen MR) is 120 cm³/mol. The molecule has 154 valence electrons. The monoisotopic (exact) mass is 458 g/mol. The molecule has 0 atom stereocenters. The third kappa shape index (κ3) is 4.45. The number of rotatable bonds is 7. The van der Waals surface area contributed by atoms with Gasteiger partial charge >= 0.3 is 0 Å². The molecular formula is C21H19ClN4O2S2. The maximum Gasteiger partial charge on any atom is 0.233 e. The van der Waals surface area contributed by atoms with Crippen LogP contribution in [0.1, 0.15) is 10.6 Å². The molecule has 0 unspecified atom stereocenters. The van der Waals surface area contributed by atoms with Gasteiger partial charge in [0.2, 0.25) is 5.91 Å². The van der Waals surface area contributed by atoms with E-state index >= 15 is 0 Å². The zero-order chi connectivity index (χ0) is 21.1. The van der Waals surface area contributed by atoms with Crippen molar-refractivity contribution in [2.75, 3.05) is 12.8 Å². The Balaban J connectivity index is 1.55. The fourth-order valence-corrected chi connectivity index (χ4v) is 4.99. The van der Waals surface area contributed by atoms with Crippen LogP contribution in [0.2, 0.25) is 4.34 Å². The van der Waals surface area contributed by atoms with E-state index in [-0.39, 0.29) is 11.7 Å². The largest absolute Gasteiger partial charge is 0.469 e. The maximum absolute atomic E-state index is 12.7. The fraction of sp³-hybridized carbons (Fsp3) is 0.190. The third-order valence-corrected chi connectivity index (χ3v) is 6.65. The summed E-state index contributed by atoms with van der Waals surface area (Å²) < 4.78 is 8.12. The van der Waals surface area contributed by atoms with E-state index in [1.165, 1.54) is 23.1 Å². The molecule has 0 radical (unpaired) electrons. The van der Waals surface area contributed by atoms with Gasteiger partial charge in [0.05, 0.1) is 28.5 Å². The number of carbonyl (C=O) groups is 1. The molecule has 4 aromatic rings. The molecule has 0 saturated carbocycles.